The lowest BCUT2D eigenvalue weighted by atomic mass is 9.60. The molecule has 2 saturated heterocycles. The monoisotopic (exact) mass is 530 g/mol. The number of anilines is 1. The van der Waals surface area contributed by atoms with Crippen LogP contribution in [0.15, 0.2) is 36.7 Å². The summed E-state index contributed by atoms with van der Waals surface area (Å²) in [6.07, 6.45) is -0.956. The molecule has 9 nitrogen and oxygen atoms in total. The van der Waals surface area contributed by atoms with E-state index in [4.69, 9.17) is 11.1 Å². The van der Waals surface area contributed by atoms with Crippen molar-refractivity contribution in [2.75, 3.05) is 31.1 Å². The van der Waals surface area contributed by atoms with E-state index >= 15 is 0 Å². The van der Waals surface area contributed by atoms with E-state index in [-0.39, 0.29) is 41.4 Å². The molecule has 5 rings (SSSR count). The third kappa shape index (κ3) is 5.27. The van der Waals surface area contributed by atoms with Crippen molar-refractivity contribution >= 4 is 17.8 Å². The molecule has 1 aromatic heterocycles. The average Bonchev–Trinajstić information content (AvgIpc) is 2.80. The number of hydrogen-bond donors (Lipinski definition) is 3. The molecule has 0 bridgehead atoms. The lowest BCUT2D eigenvalue weighted by Gasteiger charge is -2.59. The van der Waals surface area contributed by atoms with E-state index in [1.807, 2.05) is 47.9 Å². The van der Waals surface area contributed by atoms with Gasteiger partial charge in [-0.1, -0.05) is 24.3 Å². The van der Waals surface area contributed by atoms with Gasteiger partial charge in [-0.2, -0.15) is 13.2 Å². The number of benzene rings is 1. The number of nitrogen functional groups attached to an aromatic ring is 1. The third-order valence-electron chi connectivity index (χ3n) is 7.88. The van der Waals surface area contributed by atoms with E-state index in [0.717, 1.165) is 50.4 Å². The first-order valence-electron chi connectivity index (χ1n) is 12.8. The van der Waals surface area contributed by atoms with Crippen LogP contribution in [0.3, 0.4) is 0 Å². The molecule has 2 aromatic rings. The van der Waals surface area contributed by atoms with Gasteiger partial charge in [-0.3, -0.25) is 10.3 Å². The van der Waals surface area contributed by atoms with Crippen LogP contribution in [0.1, 0.15) is 43.4 Å². The molecule has 3 fully saturated rings. The number of nitrogens with zero attached hydrogens (tertiary/aromatic N) is 5. The number of nitrogens with one attached hydrogen (secondary N) is 2. The molecule has 4 N–H and O–H groups in total. The number of carbonyl (C=O) groups excluding carboxylic acids is 1. The van der Waals surface area contributed by atoms with E-state index in [0.29, 0.717) is 13.1 Å². The van der Waals surface area contributed by atoms with Crippen LogP contribution in [0.2, 0.25) is 0 Å². The molecule has 38 heavy (non-hydrogen) atoms. The number of alkyl halides is 3. The van der Waals surface area contributed by atoms with Crippen molar-refractivity contribution in [3.8, 4) is 0 Å². The lowest BCUT2D eigenvalue weighted by Crippen LogP contribution is -2.68. The molecule has 1 aliphatic carbocycles. The van der Waals surface area contributed by atoms with Crippen molar-refractivity contribution in [1.29, 1.82) is 5.41 Å². The second-order valence-corrected chi connectivity index (χ2v) is 11.1. The fourth-order valence-corrected chi connectivity index (χ4v) is 6.17. The maximum Gasteiger partial charge on any atom is 0.419 e. The van der Waals surface area contributed by atoms with Crippen molar-refractivity contribution in [3.05, 3.63) is 53.3 Å². The van der Waals surface area contributed by atoms with Gasteiger partial charge in [0, 0.05) is 68.8 Å². The first kappa shape index (κ1) is 26.2. The van der Waals surface area contributed by atoms with E-state index < -0.39 is 11.7 Å². The second kappa shape index (κ2) is 9.72. The highest BCUT2D eigenvalue weighted by Crippen LogP contribution is 2.48. The molecule has 3 heterocycles. The molecule has 1 saturated carbocycles. The second-order valence-electron chi connectivity index (χ2n) is 11.1. The summed E-state index contributed by atoms with van der Waals surface area (Å²) >= 11 is 0. The molecule has 12 heteroatoms. The highest BCUT2D eigenvalue weighted by Gasteiger charge is 2.52. The van der Waals surface area contributed by atoms with Crippen LogP contribution in [-0.4, -0.2) is 75.9 Å². The molecular formula is C26H33F3N8O. The number of nitrogens with two attached hydrogens (primary N) is 1. The van der Waals surface area contributed by atoms with Crippen molar-refractivity contribution in [1.82, 2.24) is 25.1 Å². The molecular weight excluding hydrogens is 497 g/mol. The van der Waals surface area contributed by atoms with Crippen molar-refractivity contribution in [2.45, 2.75) is 57.5 Å². The number of aromatic nitrogens is 2. The van der Waals surface area contributed by atoms with Gasteiger partial charge in [0.15, 0.2) is 0 Å². The number of hydrogen-bond acceptors (Lipinski definition) is 6. The summed E-state index contributed by atoms with van der Waals surface area (Å²) < 4.78 is 38.5. The summed E-state index contributed by atoms with van der Waals surface area (Å²) in [7, 11) is 0. The van der Waals surface area contributed by atoms with Gasteiger partial charge in [0.2, 0.25) is 5.95 Å². The lowest BCUT2D eigenvalue weighted by molar-refractivity contribution is -0.138. The SMILES string of the molecule is C[C@@H]1CN(c2ncc(C(F)(F)F)cn2)C[C@H](C)N1C(=O)NC1CC2(C1)CN(Cc1ccc(C(=N)N)cc1)C2. The maximum absolute atomic E-state index is 13.1. The summed E-state index contributed by atoms with van der Waals surface area (Å²) in [4.78, 5) is 27.0. The molecule has 3 aliphatic rings. The van der Waals surface area contributed by atoms with Gasteiger partial charge in [-0.15, -0.1) is 0 Å². The number of amidine groups is 1. The molecule has 0 unspecified atom stereocenters. The average molecular weight is 531 g/mol. The van der Waals surface area contributed by atoms with E-state index in [9.17, 15) is 18.0 Å². The Morgan fingerprint density at radius 1 is 1.11 bits per heavy atom. The van der Waals surface area contributed by atoms with Gasteiger partial charge in [0.25, 0.3) is 0 Å². The van der Waals surface area contributed by atoms with Crippen LogP contribution in [0.4, 0.5) is 23.9 Å². The fourth-order valence-electron chi connectivity index (χ4n) is 6.17. The first-order chi connectivity index (χ1) is 17.9. The third-order valence-corrected chi connectivity index (χ3v) is 7.88. The topological polar surface area (TPSA) is 114 Å². The Morgan fingerprint density at radius 2 is 1.68 bits per heavy atom. The highest BCUT2D eigenvalue weighted by atomic mass is 19.4. The van der Waals surface area contributed by atoms with Crippen LogP contribution in [-0.2, 0) is 12.7 Å². The van der Waals surface area contributed by atoms with E-state index in [1.165, 1.54) is 5.56 Å². The summed E-state index contributed by atoms with van der Waals surface area (Å²) in [5.41, 5.74) is 6.83. The Hall–Kier alpha value is -3.41. The summed E-state index contributed by atoms with van der Waals surface area (Å²) in [5, 5.41) is 10.7. The number of amides is 2. The number of rotatable bonds is 5. The number of halogens is 3. The largest absolute Gasteiger partial charge is 0.419 e. The zero-order valence-electron chi connectivity index (χ0n) is 21.5. The molecule has 0 radical (unpaired) electrons. The number of piperazine rings is 1. The number of urea groups is 1. The summed E-state index contributed by atoms with van der Waals surface area (Å²) in [6.45, 7) is 7.63. The molecule has 204 valence electrons. The quantitative estimate of drug-likeness (QED) is 0.405. The number of likely N-dealkylation sites (tertiary alicyclic amines) is 1. The summed E-state index contributed by atoms with van der Waals surface area (Å²) in [6, 6.07) is 7.53. The molecule has 1 aromatic carbocycles. The molecule has 2 aliphatic heterocycles. The van der Waals surface area contributed by atoms with Crippen molar-refractivity contribution < 1.29 is 18.0 Å². The Kier molecular flexibility index (Phi) is 6.70. The van der Waals surface area contributed by atoms with Gasteiger partial charge < -0.3 is 20.9 Å². The predicted octanol–water partition coefficient (Wildman–Crippen LogP) is 3.05. The smallest absolute Gasteiger partial charge is 0.384 e. The van der Waals surface area contributed by atoms with Crippen molar-refractivity contribution in [3.63, 3.8) is 0 Å². The van der Waals surface area contributed by atoms with E-state index in [2.05, 4.69) is 20.2 Å². The van der Waals surface area contributed by atoms with E-state index in [1.54, 1.807) is 0 Å². The highest BCUT2D eigenvalue weighted by molar-refractivity contribution is 5.94. The minimum atomic E-state index is -4.48. The van der Waals surface area contributed by atoms with Crippen LogP contribution in [0, 0.1) is 10.8 Å². The van der Waals surface area contributed by atoms with Crippen LogP contribution in [0.5, 0.6) is 0 Å². The van der Waals surface area contributed by atoms with Crippen LogP contribution in [0.25, 0.3) is 0 Å². The number of carbonyl (C=O) groups is 1. The minimum absolute atomic E-state index is 0.0702. The Balaban J connectivity index is 1.07. The zero-order valence-corrected chi connectivity index (χ0v) is 21.5. The Bertz CT molecular complexity index is 1160. The van der Waals surface area contributed by atoms with Gasteiger partial charge in [0.1, 0.15) is 5.84 Å². The van der Waals surface area contributed by atoms with Gasteiger partial charge in [0.05, 0.1) is 5.56 Å². The summed E-state index contributed by atoms with van der Waals surface area (Å²) in [5.74, 6) is 0.308. The first-order valence-corrected chi connectivity index (χ1v) is 12.8. The van der Waals surface area contributed by atoms with Gasteiger partial charge in [-0.25, -0.2) is 14.8 Å². The molecule has 2 amide bonds. The van der Waals surface area contributed by atoms with Gasteiger partial charge in [-0.05, 0) is 37.7 Å². The molecule has 2 atom stereocenters. The minimum Gasteiger partial charge on any atom is -0.384 e. The fraction of sp³-hybridized carbons (Fsp3) is 0.538. The predicted molar refractivity (Wildman–Crippen MR) is 137 cm³/mol. The standard InChI is InChI=1S/C26H33F3N8O/c1-16-11-36(23-32-9-20(10-33-23)26(27,28)29)12-17(2)37(16)24(38)34-21-7-25(8-21)14-35(15-25)13-18-3-5-19(6-4-18)22(30)31/h3-6,9-10,16-17,21H,7-8,11-15H2,1-2H3,(H3,30,31)(H,34,38)/t16-,17+. The normalized spacial score (nSPS) is 23.6. The maximum atomic E-state index is 13.1. The van der Waals surface area contributed by atoms with Crippen molar-refractivity contribution in [2.24, 2.45) is 11.1 Å². The van der Waals surface area contributed by atoms with Crippen LogP contribution < -0.4 is 16.0 Å². The zero-order chi connectivity index (χ0) is 27.2. The molecule has 1 spiro atoms. The van der Waals surface area contributed by atoms with Crippen LogP contribution >= 0.6 is 0 Å². The van der Waals surface area contributed by atoms with Gasteiger partial charge >= 0.3 is 12.2 Å². The Morgan fingerprint density at radius 3 is 2.21 bits per heavy atom. The Labute approximate surface area is 219 Å².